The van der Waals surface area contributed by atoms with Crippen LogP contribution >= 0.6 is 22.6 Å². The van der Waals surface area contributed by atoms with Crippen LogP contribution in [0.15, 0.2) is 48.5 Å². The van der Waals surface area contributed by atoms with Gasteiger partial charge in [0.05, 0.1) is 0 Å². The zero-order chi connectivity index (χ0) is 19.3. The maximum atomic E-state index is 2.40. The molecule has 0 radical (unpaired) electrons. The predicted molar refractivity (Wildman–Crippen MR) is 130 cm³/mol. The molecule has 0 aliphatic heterocycles. The van der Waals surface area contributed by atoms with Crippen LogP contribution < -0.4 is 0 Å². The van der Waals surface area contributed by atoms with E-state index in [0.717, 1.165) is 23.7 Å². The van der Waals surface area contributed by atoms with Crippen LogP contribution in [-0.4, -0.2) is 0 Å². The van der Waals surface area contributed by atoms with Gasteiger partial charge in [0.1, 0.15) is 0 Å². The third-order valence-electron chi connectivity index (χ3n) is 7.59. The molecule has 0 saturated heterocycles. The molecule has 2 aromatic rings. The van der Waals surface area contributed by atoms with Crippen LogP contribution in [0.2, 0.25) is 0 Å². The molecular formula is C27H35I. The first kappa shape index (κ1) is 20.4. The smallest absolute Gasteiger partial charge is 0.0130 e. The Hall–Kier alpha value is -0.830. The first-order valence-corrected chi connectivity index (χ1v) is 12.7. The van der Waals surface area contributed by atoms with Crippen molar-refractivity contribution in [2.24, 2.45) is 17.8 Å². The van der Waals surface area contributed by atoms with Crippen LogP contribution in [-0.2, 0) is 0 Å². The molecule has 2 aliphatic rings. The lowest BCUT2D eigenvalue weighted by atomic mass is 9.68. The van der Waals surface area contributed by atoms with E-state index in [1.165, 1.54) is 78.9 Å². The largest absolute Gasteiger partial charge is 0.0654 e. The zero-order valence-electron chi connectivity index (χ0n) is 17.4. The average molecular weight is 486 g/mol. The SMILES string of the molecule is CCC[C@H]1CC[C@H](C2CCC(c3ccc(-c4ccc(I)cc4)cc3)CC2)CC1. The van der Waals surface area contributed by atoms with Gasteiger partial charge >= 0.3 is 0 Å². The second-order valence-corrected chi connectivity index (χ2v) is 10.6. The Balaban J connectivity index is 1.30. The van der Waals surface area contributed by atoms with Gasteiger partial charge in [-0.1, -0.05) is 69.0 Å². The summed E-state index contributed by atoms with van der Waals surface area (Å²) in [5, 5.41) is 0. The van der Waals surface area contributed by atoms with Gasteiger partial charge in [-0.05, 0) is 114 Å². The fraction of sp³-hybridized carbons (Fsp3) is 0.556. The Labute approximate surface area is 185 Å². The number of rotatable bonds is 5. The van der Waals surface area contributed by atoms with Crippen molar-refractivity contribution in [3.8, 4) is 11.1 Å². The van der Waals surface area contributed by atoms with E-state index in [-0.39, 0.29) is 0 Å². The van der Waals surface area contributed by atoms with Crippen LogP contribution in [0.5, 0.6) is 0 Å². The molecule has 2 saturated carbocycles. The van der Waals surface area contributed by atoms with E-state index >= 15 is 0 Å². The third-order valence-corrected chi connectivity index (χ3v) is 8.31. The first-order valence-electron chi connectivity index (χ1n) is 11.6. The molecule has 0 spiro atoms. The van der Waals surface area contributed by atoms with Crippen molar-refractivity contribution in [2.45, 2.75) is 77.0 Å². The van der Waals surface area contributed by atoms with Crippen LogP contribution in [0.3, 0.4) is 0 Å². The Bertz CT molecular complexity index is 714. The summed E-state index contributed by atoms with van der Waals surface area (Å²) in [7, 11) is 0. The normalized spacial score (nSPS) is 28.2. The molecule has 0 unspecified atom stereocenters. The van der Waals surface area contributed by atoms with Gasteiger partial charge in [0.2, 0.25) is 0 Å². The summed E-state index contributed by atoms with van der Waals surface area (Å²) in [4.78, 5) is 0. The highest BCUT2D eigenvalue weighted by Crippen LogP contribution is 2.44. The highest BCUT2D eigenvalue weighted by Gasteiger charge is 2.31. The summed E-state index contributed by atoms with van der Waals surface area (Å²) in [5.74, 6) is 3.89. The molecule has 28 heavy (non-hydrogen) atoms. The average Bonchev–Trinajstić information content (AvgIpc) is 2.75. The molecule has 0 heterocycles. The monoisotopic (exact) mass is 486 g/mol. The van der Waals surface area contributed by atoms with E-state index in [9.17, 15) is 0 Å². The second-order valence-electron chi connectivity index (χ2n) is 9.31. The van der Waals surface area contributed by atoms with Gasteiger partial charge in [0.15, 0.2) is 0 Å². The molecule has 2 fully saturated rings. The van der Waals surface area contributed by atoms with E-state index in [1.54, 1.807) is 5.56 Å². The van der Waals surface area contributed by atoms with Gasteiger partial charge in [-0.15, -0.1) is 0 Å². The van der Waals surface area contributed by atoms with Gasteiger partial charge in [-0.3, -0.25) is 0 Å². The summed E-state index contributed by atoms with van der Waals surface area (Å²) in [5.41, 5.74) is 4.24. The van der Waals surface area contributed by atoms with E-state index < -0.39 is 0 Å². The van der Waals surface area contributed by atoms with Gasteiger partial charge in [-0.2, -0.15) is 0 Å². The summed E-state index contributed by atoms with van der Waals surface area (Å²) >= 11 is 2.37. The fourth-order valence-corrected chi connectivity index (χ4v) is 6.23. The number of halogens is 1. The lowest BCUT2D eigenvalue weighted by Crippen LogP contribution is -2.25. The lowest BCUT2D eigenvalue weighted by Gasteiger charge is -2.38. The van der Waals surface area contributed by atoms with Gasteiger partial charge in [-0.25, -0.2) is 0 Å². The molecular weight excluding hydrogens is 451 g/mol. The molecule has 0 N–H and O–H groups in total. The van der Waals surface area contributed by atoms with Crippen molar-refractivity contribution in [1.29, 1.82) is 0 Å². The molecule has 150 valence electrons. The lowest BCUT2D eigenvalue weighted by molar-refractivity contribution is 0.156. The topological polar surface area (TPSA) is 0 Å². The standard InChI is InChI=1S/C27H35I/c1-2-3-20-4-6-21(7-5-20)22-8-10-23(11-9-22)24-12-14-25(15-13-24)26-16-18-27(28)19-17-26/h12-23H,2-11H2,1H3/t20-,21-,22?,23?. The van der Waals surface area contributed by atoms with Crippen molar-refractivity contribution in [3.05, 3.63) is 57.7 Å². The minimum Gasteiger partial charge on any atom is -0.0654 e. The fourth-order valence-electron chi connectivity index (χ4n) is 5.87. The highest BCUT2D eigenvalue weighted by molar-refractivity contribution is 14.1. The Kier molecular flexibility index (Phi) is 7.14. The Morgan fingerprint density at radius 1 is 0.679 bits per heavy atom. The van der Waals surface area contributed by atoms with E-state index in [4.69, 9.17) is 0 Å². The quantitative estimate of drug-likeness (QED) is 0.371. The number of hydrogen-bond donors (Lipinski definition) is 0. The molecule has 0 atom stereocenters. The summed E-state index contributed by atoms with van der Waals surface area (Å²) in [6.45, 7) is 2.35. The van der Waals surface area contributed by atoms with Gasteiger partial charge < -0.3 is 0 Å². The Morgan fingerprint density at radius 3 is 1.71 bits per heavy atom. The molecule has 1 heteroatoms. The Morgan fingerprint density at radius 2 is 1.18 bits per heavy atom. The molecule has 2 aliphatic carbocycles. The number of hydrogen-bond acceptors (Lipinski definition) is 0. The van der Waals surface area contributed by atoms with Crippen molar-refractivity contribution < 1.29 is 0 Å². The van der Waals surface area contributed by atoms with E-state index in [1.807, 2.05) is 0 Å². The minimum absolute atomic E-state index is 0.790. The van der Waals surface area contributed by atoms with E-state index in [0.29, 0.717) is 0 Å². The van der Waals surface area contributed by atoms with Crippen molar-refractivity contribution in [1.82, 2.24) is 0 Å². The number of benzene rings is 2. The maximum absolute atomic E-state index is 2.40. The van der Waals surface area contributed by atoms with Crippen LogP contribution in [0.1, 0.15) is 82.6 Å². The van der Waals surface area contributed by atoms with Crippen LogP contribution in [0.25, 0.3) is 11.1 Å². The molecule has 2 aromatic carbocycles. The highest BCUT2D eigenvalue weighted by atomic mass is 127. The summed E-state index contributed by atoms with van der Waals surface area (Å²) < 4.78 is 1.30. The molecule has 0 bridgehead atoms. The maximum Gasteiger partial charge on any atom is 0.0130 e. The van der Waals surface area contributed by atoms with Gasteiger partial charge in [0.25, 0.3) is 0 Å². The van der Waals surface area contributed by atoms with Crippen molar-refractivity contribution in [2.75, 3.05) is 0 Å². The molecule has 0 aromatic heterocycles. The summed E-state index contributed by atoms with van der Waals surface area (Å²) in [6, 6.07) is 18.3. The van der Waals surface area contributed by atoms with Crippen LogP contribution in [0.4, 0.5) is 0 Å². The molecule has 0 nitrogen and oxygen atoms in total. The zero-order valence-corrected chi connectivity index (χ0v) is 19.5. The van der Waals surface area contributed by atoms with Crippen LogP contribution in [0, 0.1) is 21.3 Å². The van der Waals surface area contributed by atoms with Crippen molar-refractivity contribution >= 4 is 22.6 Å². The van der Waals surface area contributed by atoms with E-state index in [2.05, 4.69) is 78.0 Å². The van der Waals surface area contributed by atoms with Gasteiger partial charge in [0, 0.05) is 3.57 Å². The second kappa shape index (κ2) is 9.78. The first-order chi connectivity index (χ1) is 13.7. The predicted octanol–water partition coefficient (Wildman–Crippen LogP) is 8.84. The van der Waals surface area contributed by atoms with Crippen molar-refractivity contribution in [3.63, 3.8) is 0 Å². The molecule has 0 amide bonds. The minimum atomic E-state index is 0.790. The summed E-state index contributed by atoms with van der Waals surface area (Å²) in [6.07, 6.45) is 14.6. The third kappa shape index (κ3) is 5.01. The molecule has 4 rings (SSSR count).